The van der Waals surface area contributed by atoms with Crippen molar-refractivity contribution in [1.29, 1.82) is 0 Å². The molecule has 6 rings (SSSR count). The molecule has 1 aromatic carbocycles. The van der Waals surface area contributed by atoms with Gasteiger partial charge in [0.1, 0.15) is 17.5 Å². The zero-order valence-electron chi connectivity index (χ0n) is 15.2. The molecule has 3 fully saturated rings. The largest absolute Gasteiger partial charge is 0.347 e. The molecular weight excluding hydrogens is 392 g/mol. The molecule has 2 bridgehead atoms. The first kappa shape index (κ1) is 18.0. The van der Waals surface area contributed by atoms with Crippen LogP contribution in [0.1, 0.15) is 43.1 Å². The van der Waals surface area contributed by atoms with Crippen molar-refractivity contribution in [2.75, 3.05) is 12.9 Å². The highest BCUT2D eigenvalue weighted by atomic mass is 32.2. The van der Waals surface area contributed by atoms with Crippen molar-refractivity contribution in [2.45, 2.75) is 43.7 Å². The van der Waals surface area contributed by atoms with E-state index in [1.54, 1.807) is 0 Å². The standard InChI is InChI=1S/C18H19F2N3O4S/c1-28(25,26)27-10-17-7-18(8-17,9-17)23-16(24)22-14(2-3-15(22)21-23)11-4-12(19)6-13(20)5-11/h4-6,14H,2-3,7-10H2,1H3. The first-order chi connectivity index (χ1) is 13.1. The molecule has 28 heavy (non-hydrogen) atoms. The lowest BCUT2D eigenvalue weighted by Gasteiger charge is -2.69. The van der Waals surface area contributed by atoms with Gasteiger partial charge in [-0.05, 0) is 43.4 Å². The van der Waals surface area contributed by atoms with Crippen molar-refractivity contribution < 1.29 is 21.4 Å². The second kappa shape index (κ2) is 5.50. The zero-order valence-corrected chi connectivity index (χ0v) is 16.0. The predicted octanol–water partition coefficient (Wildman–Crippen LogP) is 1.71. The molecule has 0 N–H and O–H groups in total. The maximum absolute atomic E-state index is 13.6. The lowest BCUT2D eigenvalue weighted by molar-refractivity contribution is -0.210. The normalized spacial score (nSPS) is 30.6. The van der Waals surface area contributed by atoms with E-state index >= 15 is 0 Å². The van der Waals surface area contributed by atoms with E-state index in [4.69, 9.17) is 4.18 Å². The highest BCUT2D eigenvalue weighted by Gasteiger charge is 2.70. The molecule has 0 amide bonds. The monoisotopic (exact) mass is 411 g/mol. The minimum absolute atomic E-state index is 0.126. The van der Waals surface area contributed by atoms with Gasteiger partial charge in [-0.1, -0.05) is 0 Å². The van der Waals surface area contributed by atoms with Crippen LogP contribution in [0.5, 0.6) is 0 Å². The first-order valence-electron chi connectivity index (χ1n) is 9.11. The van der Waals surface area contributed by atoms with Crippen LogP contribution in [0.15, 0.2) is 23.0 Å². The SMILES string of the molecule is CS(=O)(=O)OCC12CC(n3nc4n(c3=O)C(c3cc(F)cc(F)c3)CC4)(C1)C2. The molecule has 3 saturated carbocycles. The Hall–Kier alpha value is -2.07. The quantitative estimate of drug-likeness (QED) is 0.700. The lowest BCUT2D eigenvalue weighted by Crippen LogP contribution is -2.71. The molecule has 0 spiro atoms. The zero-order chi connectivity index (χ0) is 19.9. The topological polar surface area (TPSA) is 83.2 Å². The van der Waals surface area contributed by atoms with Gasteiger partial charge in [0.2, 0.25) is 0 Å². The van der Waals surface area contributed by atoms with Crippen molar-refractivity contribution >= 4 is 10.1 Å². The van der Waals surface area contributed by atoms with E-state index < -0.39 is 33.3 Å². The summed E-state index contributed by atoms with van der Waals surface area (Å²) in [7, 11) is -3.49. The molecule has 0 saturated heterocycles. The Morgan fingerprint density at radius 1 is 1.21 bits per heavy atom. The number of aromatic nitrogens is 3. The van der Waals surface area contributed by atoms with Gasteiger partial charge in [-0.3, -0.25) is 8.75 Å². The number of nitrogens with zero attached hydrogens (tertiary/aromatic N) is 3. The third-order valence-electron chi connectivity index (χ3n) is 6.24. The molecule has 1 aliphatic heterocycles. The van der Waals surface area contributed by atoms with Crippen LogP contribution < -0.4 is 5.69 Å². The third-order valence-corrected chi connectivity index (χ3v) is 6.79. The Kier molecular flexibility index (Phi) is 3.54. The third kappa shape index (κ3) is 2.57. The Balaban J connectivity index is 1.41. The average molecular weight is 411 g/mol. The molecule has 1 aromatic heterocycles. The van der Waals surface area contributed by atoms with E-state index in [9.17, 15) is 22.0 Å². The molecular formula is C18H19F2N3O4S. The van der Waals surface area contributed by atoms with Gasteiger partial charge in [-0.15, -0.1) is 0 Å². The summed E-state index contributed by atoms with van der Waals surface area (Å²) in [6.45, 7) is 0.126. The number of halogens is 2. The molecule has 1 unspecified atom stereocenters. The van der Waals surface area contributed by atoms with E-state index in [2.05, 4.69) is 5.10 Å². The number of benzene rings is 1. The highest BCUT2D eigenvalue weighted by molar-refractivity contribution is 7.85. The van der Waals surface area contributed by atoms with Crippen LogP contribution >= 0.6 is 0 Å². The second-order valence-corrected chi connectivity index (χ2v) is 10.1. The molecule has 2 aromatic rings. The van der Waals surface area contributed by atoms with E-state index in [0.717, 1.165) is 12.3 Å². The fraction of sp³-hybridized carbons (Fsp3) is 0.556. The van der Waals surface area contributed by atoms with Crippen LogP contribution in [0.25, 0.3) is 0 Å². The van der Waals surface area contributed by atoms with Crippen LogP contribution in [-0.4, -0.2) is 35.6 Å². The number of fused-ring (bicyclic) bond motifs is 1. The van der Waals surface area contributed by atoms with Gasteiger partial charge < -0.3 is 0 Å². The summed E-state index contributed by atoms with van der Waals surface area (Å²) in [4.78, 5) is 13.0. The van der Waals surface area contributed by atoms with Gasteiger partial charge in [-0.2, -0.15) is 13.5 Å². The molecule has 150 valence electrons. The summed E-state index contributed by atoms with van der Waals surface area (Å²) in [5, 5.41) is 4.50. The molecule has 10 heteroatoms. The number of aryl methyl sites for hydroxylation is 1. The first-order valence-corrected chi connectivity index (χ1v) is 10.9. The molecule has 2 heterocycles. The summed E-state index contributed by atoms with van der Waals surface area (Å²) >= 11 is 0. The van der Waals surface area contributed by atoms with Crippen molar-refractivity contribution in [2.24, 2.45) is 5.41 Å². The Morgan fingerprint density at radius 3 is 2.46 bits per heavy atom. The Labute approximate surface area is 160 Å². The van der Waals surface area contributed by atoms with Crippen LogP contribution in [0.4, 0.5) is 8.78 Å². The Bertz CT molecular complexity index is 1110. The maximum atomic E-state index is 13.6. The van der Waals surface area contributed by atoms with Gasteiger partial charge in [-0.25, -0.2) is 18.3 Å². The molecule has 4 aliphatic rings. The van der Waals surface area contributed by atoms with Crippen LogP contribution in [0, 0.1) is 17.0 Å². The fourth-order valence-electron chi connectivity index (χ4n) is 5.24. The highest BCUT2D eigenvalue weighted by Crippen LogP contribution is 2.71. The minimum atomic E-state index is -3.49. The second-order valence-electron chi connectivity index (χ2n) is 8.46. The van der Waals surface area contributed by atoms with E-state index in [-0.39, 0.29) is 17.7 Å². The van der Waals surface area contributed by atoms with Crippen LogP contribution in [-0.2, 0) is 26.3 Å². The van der Waals surface area contributed by atoms with E-state index in [1.807, 2.05) is 0 Å². The van der Waals surface area contributed by atoms with Crippen molar-refractivity contribution in [3.05, 3.63) is 51.7 Å². The van der Waals surface area contributed by atoms with Gasteiger partial charge in [0, 0.05) is 17.9 Å². The van der Waals surface area contributed by atoms with Gasteiger partial charge in [0.05, 0.1) is 24.4 Å². The average Bonchev–Trinajstić information content (AvgIpc) is 3.04. The van der Waals surface area contributed by atoms with Crippen molar-refractivity contribution in [3.8, 4) is 0 Å². The maximum Gasteiger partial charge on any atom is 0.347 e. The molecule has 0 radical (unpaired) electrons. The van der Waals surface area contributed by atoms with Crippen LogP contribution in [0.3, 0.4) is 0 Å². The lowest BCUT2D eigenvalue weighted by atomic mass is 9.40. The van der Waals surface area contributed by atoms with Crippen molar-refractivity contribution in [1.82, 2.24) is 14.3 Å². The minimum Gasteiger partial charge on any atom is -0.271 e. The summed E-state index contributed by atoms with van der Waals surface area (Å²) < 4.78 is 57.6. The summed E-state index contributed by atoms with van der Waals surface area (Å²) in [6, 6.07) is 2.89. The number of hydrogen-bond acceptors (Lipinski definition) is 5. The number of rotatable bonds is 5. The van der Waals surface area contributed by atoms with Crippen molar-refractivity contribution in [3.63, 3.8) is 0 Å². The summed E-state index contributed by atoms with van der Waals surface area (Å²) in [6.07, 6.45) is 4.08. The van der Waals surface area contributed by atoms with Gasteiger partial charge >= 0.3 is 5.69 Å². The smallest absolute Gasteiger partial charge is 0.271 e. The number of hydrogen-bond donors (Lipinski definition) is 0. The summed E-state index contributed by atoms with van der Waals surface area (Å²) in [5.74, 6) is -0.724. The summed E-state index contributed by atoms with van der Waals surface area (Å²) in [5.41, 5.74) is -0.456. The molecule has 1 atom stereocenters. The van der Waals surface area contributed by atoms with Gasteiger partial charge in [0.15, 0.2) is 0 Å². The molecule has 3 aliphatic carbocycles. The fourth-order valence-corrected chi connectivity index (χ4v) is 5.70. The van der Waals surface area contributed by atoms with Gasteiger partial charge in [0.25, 0.3) is 10.1 Å². The van der Waals surface area contributed by atoms with E-state index in [1.165, 1.54) is 21.4 Å². The van der Waals surface area contributed by atoms with E-state index in [0.29, 0.717) is 43.5 Å². The Morgan fingerprint density at radius 2 is 1.86 bits per heavy atom. The van der Waals surface area contributed by atoms with Crippen LogP contribution in [0.2, 0.25) is 0 Å². The predicted molar refractivity (Wildman–Crippen MR) is 94.4 cm³/mol. The molecule has 7 nitrogen and oxygen atoms in total.